The lowest BCUT2D eigenvalue weighted by atomic mass is 10.2. The monoisotopic (exact) mass is 264 g/mol. The van der Waals surface area contributed by atoms with Gasteiger partial charge in [0.2, 0.25) is 0 Å². The van der Waals surface area contributed by atoms with Crippen LogP contribution in [-0.2, 0) is 0 Å². The third-order valence-corrected chi connectivity index (χ3v) is 3.74. The lowest BCUT2D eigenvalue weighted by Gasteiger charge is -2.38. The van der Waals surface area contributed by atoms with Gasteiger partial charge in [0, 0.05) is 37.9 Å². The van der Waals surface area contributed by atoms with Gasteiger partial charge in [-0.05, 0) is 33.9 Å². The highest BCUT2D eigenvalue weighted by molar-refractivity contribution is 5.94. The number of aromatic nitrogens is 1. The molecule has 1 aliphatic rings. The smallest absolute Gasteiger partial charge is 0.270 e. The zero-order valence-corrected chi connectivity index (χ0v) is 12.3. The molecule has 1 unspecified atom stereocenters. The first-order valence-electron chi connectivity index (χ1n) is 6.87. The summed E-state index contributed by atoms with van der Waals surface area (Å²) in [5, 5.41) is 0. The van der Waals surface area contributed by atoms with Crippen LogP contribution < -0.4 is 5.73 Å². The Morgan fingerprint density at radius 2 is 2.11 bits per heavy atom. The third-order valence-electron chi connectivity index (χ3n) is 3.74. The number of hydrogen-bond acceptors (Lipinski definition) is 3. The summed E-state index contributed by atoms with van der Waals surface area (Å²) in [7, 11) is 2.09. The third kappa shape index (κ3) is 2.76. The number of nitrogens with two attached hydrogens (primary N) is 1. The molecule has 2 rings (SSSR count). The average Bonchev–Trinajstić information content (AvgIpc) is 2.70. The first-order chi connectivity index (χ1) is 8.90. The van der Waals surface area contributed by atoms with Gasteiger partial charge in [0.25, 0.3) is 5.91 Å². The van der Waals surface area contributed by atoms with Crippen molar-refractivity contribution in [1.82, 2.24) is 14.4 Å². The van der Waals surface area contributed by atoms with Gasteiger partial charge < -0.3 is 20.1 Å². The molecule has 2 N–H and O–H groups in total. The second kappa shape index (κ2) is 5.25. The summed E-state index contributed by atoms with van der Waals surface area (Å²) < 4.78 is 1.96. The van der Waals surface area contributed by atoms with E-state index in [9.17, 15) is 4.79 Å². The Balaban J connectivity index is 2.24. The molecule has 1 saturated heterocycles. The molecule has 5 heteroatoms. The summed E-state index contributed by atoms with van der Waals surface area (Å²) in [6.45, 7) is 8.84. The van der Waals surface area contributed by atoms with Gasteiger partial charge in [0.05, 0.1) is 5.69 Å². The molecule has 1 aromatic heterocycles. The molecule has 0 spiro atoms. The van der Waals surface area contributed by atoms with Crippen LogP contribution in [0.25, 0.3) is 0 Å². The van der Waals surface area contributed by atoms with E-state index in [2.05, 4.69) is 32.7 Å². The average molecular weight is 264 g/mol. The minimum Gasteiger partial charge on any atom is -0.397 e. The van der Waals surface area contributed by atoms with Gasteiger partial charge in [0.1, 0.15) is 5.69 Å². The Morgan fingerprint density at radius 3 is 2.68 bits per heavy atom. The number of nitrogen functional groups attached to an aromatic ring is 1. The fourth-order valence-electron chi connectivity index (χ4n) is 2.69. The Labute approximate surface area is 115 Å². The van der Waals surface area contributed by atoms with E-state index in [4.69, 9.17) is 5.73 Å². The largest absolute Gasteiger partial charge is 0.397 e. The van der Waals surface area contributed by atoms with Crippen LogP contribution in [0.3, 0.4) is 0 Å². The number of carbonyl (C=O) groups is 1. The molecule has 1 aliphatic heterocycles. The van der Waals surface area contributed by atoms with Crippen molar-refractivity contribution in [2.24, 2.45) is 0 Å². The van der Waals surface area contributed by atoms with Crippen LogP contribution in [-0.4, -0.2) is 53.0 Å². The highest BCUT2D eigenvalue weighted by Crippen LogP contribution is 2.20. The molecule has 1 amide bonds. The van der Waals surface area contributed by atoms with Crippen LogP contribution in [0.15, 0.2) is 12.3 Å². The van der Waals surface area contributed by atoms with Gasteiger partial charge >= 0.3 is 0 Å². The predicted octanol–water partition coefficient (Wildman–Crippen LogP) is 1.43. The minimum atomic E-state index is 0.0889. The van der Waals surface area contributed by atoms with Crippen molar-refractivity contribution in [3.8, 4) is 0 Å². The number of piperazine rings is 1. The molecular weight excluding hydrogens is 240 g/mol. The van der Waals surface area contributed by atoms with Crippen molar-refractivity contribution in [3.63, 3.8) is 0 Å². The van der Waals surface area contributed by atoms with Crippen molar-refractivity contribution < 1.29 is 4.79 Å². The molecule has 1 aromatic rings. The van der Waals surface area contributed by atoms with Gasteiger partial charge in [0.15, 0.2) is 0 Å². The molecule has 0 aliphatic carbocycles. The van der Waals surface area contributed by atoms with E-state index >= 15 is 0 Å². The molecule has 0 bridgehead atoms. The fraction of sp³-hybridized carbons (Fsp3) is 0.643. The van der Waals surface area contributed by atoms with Gasteiger partial charge in [-0.2, -0.15) is 0 Å². The van der Waals surface area contributed by atoms with Crippen molar-refractivity contribution in [2.45, 2.75) is 32.9 Å². The fourth-order valence-corrected chi connectivity index (χ4v) is 2.69. The summed E-state index contributed by atoms with van der Waals surface area (Å²) in [6, 6.07) is 2.26. The van der Waals surface area contributed by atoms with E-state index in [-0.39, 0.29) is 18.0 Å². The molecule has 19 heavy (non-hydrogen) atoms. The van der Waals surface area contributed by atoms with Crippen molar-refractivity contribution in [1.29, 1.82) is 0 Å². The highest BCUT2D eigenvalue weighted by Gasteiger charge is 2.28. The first-order valence-corrected chi connectivity index (χ1v) is 6.87. The number of rotatable bonds is 2. The zero-order valence-electron chi connectivity index (χ0n) is 12.3. The van der Waals surface area contributed by atoms with Crippen molar-refractivity contribution >= 4 is 11.6 Å². The van der Waals surface area contributed by atoms with Gasteiger partial charge in [-0.1, -0.05) is 0 Å². The zero-order chi connectivity index (χ0) is 14.2. The van der Waals surface area contributed by atoms with Crippen LogP contribution in [0.5, 0.6) is 0 Å². The Kier molecular flexibility index (Phi) is 3.85. The number of anilines is 1. The summed E-state index contributed by atoms with van der Waals surface area (Å²) in [5.41, 5.74) is 7.19. The maximum Gasteiger partial charge on any atom is 0.270 e. The maximum atomic E-state index is 12.7. The van der Waals surface area contributed by atoms with E-state index < -0.39 is 0 Å². The van der Waals surface area contributed by atoms with Crippen LogP contribution in [0.1, 0.15) is 37.3 Å². The summed E-state index contributed by atoms with van der Waals surface area (Å²) in [4.78, 5) is 16.9. The Morgan fingerprint density at radius 1 is 1.42 bits per heavy atom. The van der Waals surface area contributed by atoms with Gasteiger partial charge in [-0.3, -0.25) is 4.79 Å². The first kappa shape index (κ1) is 13.9. The molecule has 1 fully saturated rings. The van der Waals surface area contributed by atoms with Crippen LogP contribution >= 0.6 is 0 Å². The van der Waals surface area contributed by atoms with Crippen LogP contribution in [0, 0.1) is 0 Å². The maximum absolute atomic E-state index is 12.7. The second-order valence-corrected chi connectivity index (χ2v) is 5.77. The Bertz CT molecular complexity index is 466. The van der Waals surface area contributed by atoms with E-state index in [0.29, 0.717) is 11.4 Å². The van der Waals surface area contributed by atoms with E-state index in [0.717, 1.165) is 19.6 Å². The van der Waals surface area contributed by atoms with E-state index in [1.165, 1.54) is 0 Å². The number of likely N-dealkylation sites (N-methyl/N-ethyl adjacent to an activating group) is 1. The molecule has 5 nitrogen and oxygen atoms in total. The van der Waals surface area contributed by atoms with E-state index in [1.54, 1.807) is 6.07 Å². The van der Waals surface area contributed by atoms with E-state index in [1.807, 2.05) is 15.7 Å². The van der Waals surface area contributed by atoms with Crippen molar-refractivity contribution in [3.05, 3.63) is 18.0 Å². The predicted molar refractivity (Wildman–Crippen MR) is 77.2 cm³/mol. The molecule has 1 atom stereocenters. The number of nitrogens with zero attached hydrogens (tertiary/aromatic N) is 3. The molecule has 0 saturated carbocycles. The topological polar surface area (TPSA) is 54.5 Å². The molecule has 2 heterocycles. The molecular formula is C14H24N4O. The summed E-state index contributed by atoms with van der Waals surface area (Å²) in [6.07, 6.45) is 1.85. The number of amides is 1. The SMILES string of the molecule is CC1CN(C)CCN1C(=O)c1cc(N)cn1C(C)C. The van der Waals surface area contributed by atoms with Crippen LogP contribution in [0.4, 0.5) is 5.69 Å². The lowest BCUT2D eigenvalue weighted by Crippen LogP contribution is -2.53. The standard InChI is InChI=1S/C14H24N4O/c1-10(2)18-9-12(15)7-13(18)14(19)17-6-5-16(4)8-11(17)3/h7,9-11H,5-6,8,15H2,1-4H3. The Hall–Kier alpha value is -1.49. The quantitative estimate of drug-likeness (QED) is 0.879. The normalized spacial score (nSPS) is 21.1. The molecule has 0 radical (unpaired) electrons. The summed E-state index contributed by atoms with van der Waals surface area (Å²) in [5.74, 6) is 0.0889. The molecule has 0 aromatic carbocycles. The van der Waals surface area contributed by atoms with Crippen molar-refractivity contribution in [2.75, 3.05) is 32.4 Å². The highest BCUT2D eigenvalue weighted by atomic mass is 16.2. The summed E-state index contributed by atoms with van der Waals surface area (Å²) >= 11 is 0. The van der Waals surface area contributed by atoms with Gasteiger partial charge in [-0.15, -0.1) is 0 Å². The molecule has 106 valence electrons. The second-order valence-electron chi connectivity index (χ2n) is 5.77. The number of hydrogen-bond donors (Lipinski definition) is 1. The lowest BCUT2D eigenvalue weighted by molar-refractivity contribution is 0.0521. The minimum absolute atomic E-state index is 0.0889. The number of carbonyl (C=O) groups excluding carboxylic acids is 1. The van der Waals surface area contributed by atoms with Crippen LogP contribution in [0.2, 0.25) is 0 Å². The van der Waals surface area contributed by atoms with Gasteiger partial charge in [-0.25, -0.2) is 0 Å².